The molecule has 0 bridgehead atoms. The zero-order valence-electron chi connectivity index (χ0n) is 14.2. The highest BCUT2D eigenvalue weighted by atomic mass is 35.5. The van der Waals surface area contributed by atoms with E-state index in [-0.39, 0.29) is 11.9 Å². The monoisotopic (exact) mass is 351 g/mol. The van der Waals surface area contributed by atoms with E-state index in [0.29, 0.717) is 37.3 Å². The van der Waals surface area contributed by atoms with Gasteiger partial charge in [-0.3, -0.25) is 9.59 Å². The Morgan fingerprint density at radius 1 is 1.21 bits per heavy atom. The van der Waals surface area contributed by atoms with Crippen LogP contribution in [0.2, 0.25) is 0 Å². The molecule has 1 aliphatic rings. The number of ether oxygens (including phenoxy) is 1. The van der Waals surface area contributed by atoms with Crippen molar-refractivity contribution in [3.8, 4) is 0 Å². The summed E-state index contributed by atoms with van der Waals surface area (Å²) in [5, 5.41) is 0. The number of rotatable bonds is 7. The van der Waals surface area contributed by atoms with Crippen molar-refractivity contribution >= 4 is 23.5 Å². The Labute approximate surface area is 149 Å². The molecular weight excluding hydrogens is 326 g/mol. The SMILES string of the molecule is CCOC(=O)CC[C@H]1CCN(C(=O)c2ccccc2)C[C@H]1CCCl. The average molecular weight is 352 g/mol. The summed E-state index contributed by atoms with van der Waals surface area (Å²) in [4.78, 5) is 26.1. The number of alkyl halides is 1. The van der Waals surface area contributed by atoms with E-state index in [4.69, 9.17) is 16.3 Å². The number of hydrogen-bond donors (Lipinski definition) is 0. The van der Waals surface area contributed by atoms with Gasteiger partial charge in [0, 0.05) is 31.0 Å². The Morgan fingerprint density at radius 2 is 1.96 bits per heavy atom. The molecule has 0 saturated carbocycles. The molecule has 0 radical (unpaired) electrons. The van der Waals surface area contributed by atoms with Gasteiger partial charge in [0.25, 0.3) is 5.91 Å². The molecule has 4 nitrogen and oxygen atoms in total. The minimum absolute atomic E-state index is 0.0824. The number of esters is 1. The first-order valence-corrected chi connectivity index (χ1v) is 9.25. The first kappa shape index (κ1) is 18.8. The van der Waals surface area contributed by atoms with Gasteiger partial charge >= 0.3 is 5.97 Å². The van der Waals surface area contributed by atoms with Gasteiger partial charge in [0.1, 0.15) is 0 Å². The molecule has 1 heterocycles. The van der Waals surface area contributed by atoms with Crippen LogP contribution in [0.3, 0.4) is 0 Å². The predicted molar refractivity (Wildman–Crippen MR) is 95.1 cm³/mol. The standard InChI is InChI=1S/C19H26ClNO3/c1-2-24-18(22)9-8-15-11-13-21(14-17(15)10-12-20)19(23)16-6-4-3-5-7-16/h3-7,15,17H,2,8-14H2,1H3/t15-,17+/m0/s1. The molecule has 0 spiro atoms. The van der Waals surface area contributed by atoms with Gasteiger partial charge < -0.3 is 9.64 Å². The van der Waals surface area contributed by atoms with Crippen molar-refractivity contribution < 1.29 is 14.3 Å². The molecule has 0 aliphatic carbocycles. The second-order valence-corrected chi connectivity index (χ2v) is 6.63. The maximum Gasteiger partial charge on any atom is 0.305 e. The van der Waals surface area contributed by atoms with Crippen LogP contribution in [0.25, 0.3) is 0 Å². The van der Waals surface area contributed by atoms with Crippen LogP contribution < -0.4 is 0 Å². The number of hydrogen-bond acceptors (Lipinski definition) is 3. The van der Waals surface area contributed by atoms with E-state index in [1.54, 1.807) is 0 Å². The molecule has 1 aliphatic heterocycles. The zero-order valence-corrected chi connectivity index (χ0v) is 15.0. The van der Waals surface area contributed by atoms with Crippen molar-refractivity contribution in [1.82, 2.24) is 4.90 Å². The van der Waals surface area contributed by atoms with Crippen LogP contribution in [0.15, 0.2) is 30.3 Å². The second kappa shape index (κ2) is 9.67. The van der Waals surface area contributed by atoms with Crippen LogP contribution in [0.5, 0.6) is 0 Å². The lowest BCUT2D eigenvalue weighted by molar-refractivity contribution is -0.143. The van der Waals surface area contributed by atoms with Crippen molar-refractivity contribution in [2.75, 3.05) is 25.6 Å². The third kappa shape index (κ3) is 5.23. The molecular formula is C19H26ClNO3. The summed E-state index contributed by atoms with van der Waals surface area (Å²) in [5.41, 5.74) is 0.729. The average Bonchev–Trinajstić information content (AvgIpc) is 2.61. The molecule has 5 heteroatoms. The molecule has 2 atom stereocenters. The fraction of sp³-hybridized carbons (Fsp3) is 0.579. The van der Waals surface area contributed by atoms with E-state index < -0.39 is 0 Å². The Hall–Kier alpha value is -1.55. The summed E-state index contributed by atoms with van der Waals surface area (Å²) in [6.07, 6.45) is 3.05. The minimum atomic E-state index is -0.134. The van der Waals surface area contributed by atoms with Gasteiger partial charge in [-0.1, -0.05) is 18.2 Å². The number of carbonyl (C=O) groups is 2. The Bertz CT molecular complexity index is 535. The molecule has 1 fully saturated rings. The number of amides is 1. The predicted octanol–water partition coefficient (Wildman–Crippen LogP) is 3.74. The first-order valence-electron chi connectivity index (χ1n) is 8.71. The van der Waals surface area contributed by atoms with Crippen LogP contribution >= 0.6 is 11.6 Å². The lowest BCUT2D eigenvalue weighted by atomic mass is 9.80. The Kier molecular flexibility index (Phi) is 7.57. The minimum Gasteiger partial charge on any atom is -0.466 e. The fourth-order valence-corrected chi connectivity index (χ4v) is 3.69. The van der Waals surface area contributed by atoms with Crippen molar-refractivity contribution in [1.29, 1.82) is 0 Å². The highest BCUT2D eigenvalue weighted by Gasteiger charge is 2.31. The fourth-order valence-electron chi connectivity index (χ4n) is 3.41. The van der Waals surface area contributed by atoms with Gasteiger partial charge in [0.2, 0.25) is 0 Å². The second-order valence-electron chi connectivity index (χ2n) is 6.25. The summed E-state index contributed by atoms with van der Waals surface area (Å²) in [6, 6.07) is 9.39. The van der Waals surface area contributed by atoms with Crippen molar-refractivity contribution in [2.24, 2.45) is 11.8 Å². The van der Waals surface area contributed by atoms with E-state index in [1.807, 2.05) is 42.2 Å². The summed E-state index contributed by atoms with van der Waals surface area (Å²) in [5.74, 6) is 1.30. The summed E-state index contributed by atoms with van der Waals surface area (Å²) in [6.45, 7) is 3.70. The lowest BCUT2D eigenvalue weighted by Crippen LogP contribution is -2.44. The van der Waals surface area contributed by atoms with E-state index in [2.05, 4.69) is 0 Å². The van der Waals surface area contributed by atoms with Crippen LogP contribution in [0.4, 0.5) is 0 Å². The molecule has 132 valence electrons. The molecule has 24 heavy (non-hydrogen) atoms. The quantitative estimate of drug-likeness (QED) is 0.555. The van der Waals surface area contributed by atoms with E-state index in [1.165, 1.54) is 0 Å². The van der Waals surface area contributed by atoms with Crippen LogP contribution in [0, 0.1) is 11.8 Å². The smallest absolute Gasteiger partial charge is 0.305 e. The Morgan fingerprint density at radius 3 is 2.62 bits per heavy atom. The maximum atomic E-state index is 12.6. The molecule has 1 amide bonds. The van der Waals surface area contributed by atoms with E-state index in [9.17, 15) is 9.59 Å². The van der Waals surface area contributed by atoms with Gasteiger partial charge in [-0.2, -0.15) is 0 Å². The number of benzene rings is 1. The highest BCUT2D eigenvalue weighted by Crippen LogP contribution is 2.31. The zero-order chi connectivity index (χ0) is 17.4. The summed E-state index contributed by atoms with van der Waals surface area (Å²) >= 11 is 5.96. The lowest BCUT2D eigenvalue weighted by Gasteiger charge is -2.38. The number of nitrogens with zero attached hydrogens (tertiary/aromatic N) is 1. The summed E-state index contributed by atoms with van der Waals surface area (Å²) in [7, 11) is 0. The number of carbonyl (C=O) groups excluding carboxylic acids is 2. The van der Waals surface area contributed by atoms with Gasteiger partial charge in [0.15, 0.2) is 0 Å². The highest BCUT2D eigenvalue weighted by molar-refractivity contribution is 6.17. The molecule has 0 N–H and O–H groups in total. The molecule has 0 aromatic heterocycles. The largest absolute Gasteiger partial charge is 0.466 e. The van der Waals surface area contributed by atoms with Gasteiger partial charge in [-0.25, -0.2) is 0 Å². The third-order valence-corrected chi connectivity index (χ3v) is 4.92. The van der Waals surface area contributed by atoms with Crippen LogP contribution in [0.1, 0.15) is 43.0 Å². The maximum absolute atomic E-state index is 12.6. The van der Waals surface area contributed by atoms with Gasteiger partial charge in [-0.05, 0) is 50.2 Å². The Balaban J connectivity index is 1.94. The normalized spacial score (nSPS) is 20.7. The first-order chi connectivity index (χ1) is 11.7. The van der Waals surface area contributed by atoms with Crippen molar-refractivity contribution in [3.05, 3.63) is 35.9 Å². The topological polar surface area (TPSA) is 46.6 Å². The van der Waals surface area contributed by atoms with Crippen molar-refractivity contribution in [2.45, 2.75) is 32.6 Å². The van der Waals surface area contributed by atoms with E-state index in [0.717, 1.165) is 31.4 Å². The summed E-state index contributed by atoms with van der Waals surface area (Å²) < 4.78 is 5.02. The van der Waals surface area contributed by atoms with Crippen LogP contribution in [-0.4, -0.2) is 42.4 Å². The third-order valence-electron chi connectivity index (χ3n) is 4.70. The number of likely N-dealkylation sites (tertiary alicyclic amines) is 1. The van der Waals surface area contributed by atoms with Crippen LogP contribution in [-0.2, 0) is 9.53 Å². The van der Waals surface area contributed by atoms with Crippen molar-refractivity contribution in [3.63, 3.8) is 0 Å². The molecule has 1 saturated heterocycles. The molecule has 1 aromatic rings. The molecule has 2 rings (SSSR count). The van der Waals surface area contributed by atoms with E-state index >= 15 is 0 Å². The number of halogens is 1. The molecule has 1 aromatic carbocycles. The van der Waals surface area contributed by atoms with Gasteiger partial charge in [0.05, 0.1) is 6.61 Å². The number of piperidine rings is 1. The van der Waals surface area contributed by atoms with Gasteiger partial charge in [-0.15, -0.1) is 11.6 Å². The molecule has 0 unspecified atom stereocenters.